The zero-order chi connectivity index (χ0) is 23.5. The minimum Gasteiger partial charge on any atom is -0.288 e. The summed E-state index contributed by atoms with van der Waals surface area (Å²) >= 11 is 0. The van der Waals surface area contributed by atoms with Gasteiger partial charge in [-0.2, -0.15) is 4.31 Å². The molecule has 3 aromatic carbocycles. The van der Waals surface area contributed by atoms with Gasteiger partial charge in [0, 0.05) is 24.7 Å². The molecule has 0 spiro atoms. The quantitative estimate of drug-likeness (QED) is 0.182. The Balaban J connectivity index is 2.04. The van der Waals surface area contributed by atoms with Gasteiger partial charge in [0.25, 0.3) is 5.91 Å². The lowest BCUT2D eigenvalue weighted by Gasteiger charge is -2.23. The Morgan fingerprint density at radius 2 is 1.41 bits per heavy atom. The number of halogens is 4. The van der Waals surface area contributed by atoms with E-state index < -0.39 is 44.1 Å². The van der Waals surface area contributed by atoms with Gasteiger partial charge >= 0.3 is 0 Å². The molecule has 1 amide bonds. The summed E-state index contributed by atoms with van der Waals surface area (Å²) in [6, 6.07) is 13.7. The van der Waals surface area contributed by atoms with Crippen LogP contribution in [0.1, 0.15) is 21.5 Å². The van der Waals surface area contributed by atoms with Crippen molar-refractivity contribution in [3.63, 3.8) is 0 Å². The second-order valence-corrected chi connectivity index (χ2v) is 8.60. The lowest BCUT2D eigenvalue weighted by Crippen LogP contribution is -2.31. The fraction of sp³-hybridized carbons (Fsp3) is 0.0952. The van der Waals surface area contributed by atoms with E-state index in [1.54, 1.807) is 30.3 Å². The zero-order valence-corrected chi connectivity index (χ0v) is 17.0. The summed E-state index contributed by atoms with van der Waals surface area (Å²) in [5.74, 6) is -9.01. The highest BCUT2D eigenvalue weighted by atomic mass is 32.2. The molecular formula is C21H16F4N2O4S. The van der Waals surface area contributed by atoms with E-state index in [1.165, 1.54) is 29.7 Å². The maximum Gasteiger partial charge on any atom is 0.274 e. The van der Waals surface area contributed by atoms with E-state index in [4.69, 9.17) is 5.21 Å². The first-order valence-corrected chi connectivity index (χ1v) is 10.5. The fourth-order valence-corrected chi connectivity index (χ4v) is 4.41. The molecule has 2 N–H and O–H groups in total. The molecular weight excluding hydrogens is 452 g/mol. The average molecular weight is 468 g/mol. The van der Waals surface area contributed by atoms with Crippen molar-refractivity contribution in [1.82, 2.24) is 9.79 Å². The van der Waals surface area contributed by atoms with Gasteiger partial charge < -0.3 is 0 Å². The summed E-state index contributed by atoms with van der Waals surface area (Å²) < 4.78 is 82.1. The Morgan fingerprint density at radius 3 is 1.97 bits per heavy atom. The Morgan fingerprint density at radius 1 is 0.844 bits per heavy atom. The van der Waals surface area contributed by atoms with Crippen LogP contribution in [0.5, 0.6) is 0 Å². The van der Waals surface area contributed by atoms with Crippen LogP contribution in [0.25, 0.3) is 0 Å². The minimum atomic E-state index is -4.83. The van der Waals surface area contributed by atoms with Crippen LogP contribution in [0.2, 0.25) is 0 Å². The van der Waals surface area contributed by atoms with Crippen molar-refractivity contribution in [3.8, 4) is 0 Å². The van der Waals surface area contributed by atoms with Gasteiger partial charge in [-0.15, -0.1) is 0 Å². The van der Waals surface area contributed by atoms with Gasteiger partial charge in [0.1, 0.15) is 4.90 Å². The van der Waals surface area contributed by atoms with E-state index in [1.807, 2.05) is 0 Å². The molecule has 11 heteroatoms. The molecule has 0 saturated carbocycles. The normalized spacial score (nSPS) is 11.6. The zero-order valence-electron chi connectivity index (χ0n) is 16.2. The van der Waals surface area contributed by atoms with Crippen molar-refractivity contribution in [1.29, 1.82) is 0 Å². The number of amides is 1. The van der Waals surface area contributed by atoms with Gasteiger partial charge in [0.05, 0.1) is 0 Å². The first-order chi connectivity index (χ1) is 15.1. The Hall–Kier alpha value is -3.28. The van der Waals surface area contributed by atoms with Crippen LogP contribution >= 0.6 is 0 Å². The van der Waals surface area contributed by atoms with Crippen LogP contribution in [-0.2, 0) is 23.1 Å². The highest BCUT2D eigenvalue weighted by Gasteiger charge is 2.32. The molecule has 0 fully saturated rings. The highest BCUT2D eigenvalue weighted by Crippen LogP contribution is 2.27. The van der Waals surface area contributed by atoms with Crippen LogP contribution in [0.15, 0.2) is 65.6 Å². The predicted molar refractivity (Wildman–Crippen MR) is 105 cm³/mol. The van der Waals surface area contributed by atoms with E-state index in [-0.39, 0.29) is 24.7 Å². The molecule has 3 rings (SSSR count). The fourth-order valence-electron chi connectivity index (χ4n) is 2.92. The number of carbonyl (C=O) groups is 1. The van der Waals surface area contributed by atoms with Crippen LogP contribution in [0.4, 0.5) is 17.6 Å². The lowest BCUT2D eigenvalue weighted by atomic mass is 10.1. The molecule has 0 radical (unpaired) electrons. The number of carbonyl (C=O) groups excluding carboxylic acids is 1. The van der Waals surface area contributed by atoms with Crippen molar-refractivity contribution in [2.24, 2.45) is 0 Å². The minimum absolute atomic E-state index is 0.0856. The number of hydrogen-bond acceptors (Lipinski definition) is 4. The molecule has 0 heterocycles. The third-order valence-corrected chi connectivity index (χ3v) is 6.36. The summed E-state index contributed by atoms with van der Waals surface area (Å²) in [4.78, 5) is 10.1. The number of nitrogens with one attached hydrogen (secondary N) is 1. The maximum atomic E-state index is 14.3. The Bertz CT molecular complexity index is 1240. The Labute approximate surface area is 180 Å². The Kier molecular flexibility index (Phi) is 6.92. The van der Waals surface area contributed by atoms with Gasteiger partial charge in [0.2, 0.25) is 10.0 Å². The van der Waals surface area contributed by atoms with E-state index in [0.717, 1.165) is 4.31 Å². The molecule has 0 bridgehead atoms. The molecule has 0 aliphatic rings. The number of sulfonamides is 1. The van der Waals surface area contributed by atoms with Gasteiger partial charge in [-0.05, 0) is 23.3 Å². The first kappa shape index (κ1) is 23.4. The number of hydrogen-bond donors (Lipinski definition) is 2. The van der Waals surface area contributed by atoms with Gasteiger partial charge in [-0.25, -0.2) is 31.5 Å². The standard InChI is InChI=1S/C21H16F4N2O4S/c22-16-10-17(19(24)20(25)18(16)23)32(30,31)27(11-13-4-2-1-3-5-13)12-14-6-8-15(9-7-14)21(28)26-29/h1-10,29H,11-12H2,(H,26,28). The van der Waals surface area contributed by atoms with Crippen molar-refractivity contribution < 1.29 is 36.0 Å². The van der Waals surface area contributed by atoms with Crippen LogP contribution < -0.4 is 5.48 Å². The average Bonchev–Trinajstić information content (AvgIpc) is 2.80. The molecule has 168 valence electrons. The monoisotopic (exact) mass is 468 g/mol. The number of hydroxylamine groups is 1. The van der Waals surface area contributed by atoms with E-state index in [9.17, 15) is 30.8 Å². The summed E-state index contributed by atoms with van der Waals surface area (Å²) in [5, 5.41) is 8.68. The number of nitrogens with zero attached hydrogens (tertiary/aromatic N) is 1. The molecule has 0 saturated heterocycles. The second kappa shape index (κ2) is 9.47. The summed E-state index contributed by atoms with van der Waals surface area (Å²) in [5.41, 5.74) is 2.38. The smallest absolute Gasteiger partial charge is 0.274 e. The maximum absolute atomic E-state index is 14.3. The lowest BCUT2D eigenvalue weighted by molar-refractivity contribution is 0.0706. The third kappa shape index (κ3) is 4.79. The summed E-state index contributed by atoms with van der Waals surface area (Å²) in [6.07, 6.45) is 0. The van der Waals surface area contributed by atoms with Crippen LogP contribution in [-0.4, -0.2) is 23.8 Å². The summed E-state index contributed by atoms with van der Waals surface area (Å²) in [7, 11) is -4.83. The number of rotatable bonds is 7. The highest BCUT2D eigenvalue weighted by molar-refractivity contribution is 7.89. The van der Waals surface area contributed by atoms with Crippen molar-refractivity contribution >= 4 is 15.9 Å². The van der Waals surface area contributed by atoms with Gasteiger partial charge in [-0.1, -0.05) is 42.5 Å². The van der Waals surface area contributed by atoms with E-state index in [2.05, 4.69) is 0 Å². The molecule has 32 heavy (non-hydrogen) atoms. The molecule has 0 aliphatic carbocycles. The van der Waals surface area contributed by atoms with E-state index in [0.29, 0.717) is 11.1 Å². The molecule has 6 nitrogen and oxygen atoms in total. The number of benzene rings is 3. The van der Waals surface area contributed by atoms with Gasteiger partial charge in [-0.3, -0.25) is 10.0 Å². The molecule has 3 aromatic rings. The van der Waals surface area contributed by atoms with Crippen LogP contribution in [0, 0.1) is 23.3 Å². The van der Waals surface area contributed by atoms with Crippen molar-refractivity contribution in [2.45, 2.75) is 18.0 Å². The largest absolute Gasteiger partial charge is 0.288 e. The van der Waals surface area contributed by atoms with Crippen molar-refractivity contribution in [2.75, 3.05) is 0 Å². The second-order valence-electron chi connectivity index (χ2n) is 6.70. The van der Waals surface area contributed by atoms with Crippen molar-refractivity contribution in [3.05, 3.63) is 101 Å². The third-order valence-electron chi connectivity index (χ3n) is 4.57. The van der Waals surface area contributed by atoms with E-state index >= 15 is 0 Å². The molecule has 0 aliphatic heterocycles. The topological polar surface area (TPSA) is 86.7 Å². The molecule has 0 unspecified atom stereocenters. The van der Waals surface area contributed by atoms with Gasteiger partial charge in [0.15, 0.2) is 23.3 Å². The molecule has 0 aromatic heterocycles. The molecule has 0 atom stereocenters. The summed E-state index contributed by atoms with van der Waals surface area (Å²) in [6.45, 7) is -0.652. The predicted octanol–water partition coefficient (Wildman–Crippen LogP) is 3.75. The SMILES string of the molecule is O=C(NO)c1ccc(CN(Cc2ccccc2)S(=O)(=O)c2cc(F)c(F)c(F)c2F)cc1. The van der Waals surface area contributed by atoms with Crippen LogP contribution in [0.3, 0.4) is 0 Å². The first-order valence-electron chi connectivity index (χ1n) is 9.05.